The first-order valence-corrected chi connectivity index (χ1v) is 12.1. The van der Waals surface area contributed by atoms with Crippen molar-refractivity contribution in [2.24, 2.45) is 11.8 Å². The normalized spacial score (nSPS) is 27.6. The molecule has 3 amide bonds. The number of aromatic amines is 1. The molecule has 0 radical (unpaired) electrons. The number of hydrogen-bond donors (Lipinski definition) is 3. The number of hydrogen-bond acceptors (Lipinski definition) is 4. The molecule has 2 fully saturated rings. The fraction of sp³-hybridized carbons (Fsp3) is 0.346. The van der Waals surface area contributed by atoms with Crippen molar-refractivity contribution in [2.45, 2.75) is 37.8 Å². The van der Waals surface area contributed by atoms with Gasteiger partial charge in [0.25, 0.3) is 0 Å². The zero-order chi connectivity index (χ0) is 23.6. The van der Waals surface area contributed by atoms with Crippen molar-refractivity contribution in [3.05, 3.63) is 64.8 Å². The van der Waals surface area contributed by atoms with Crippen LogP contribution >= 0.6 is 11.6 Å². The molecule has 0 unspecified atom stereocenters. The van der Waals surface area contributed by atoms with Crippen molar-refractivity contribution in [3.8, 4) is 0 Å². The molecule has 7 nitrogen and oxygen atoms in total. The van der Waals surface area contributed by atoms with E-state index in [1.807, 2.05) is 43.5 Å². The molecule has 0 saturated carbocycles. The van der Waals surface area contributed by atoms with Crippen molar-refractivity contribution >= 4 is 45.9 Å². The zero-order valence-corrected chi connectivity index (χ0v) is 19.5. The molecule has 3 aliphatic heterocycles. The first-order chi connectivity index (χ1) is 16.5. The molecule has 0 bridgehead atoms. The Labute approximate surface area is 201 Å². The van der Waals surface area contributed by atoms with Crippen LogP contribution in [0, 0.1) is 11.8 Å². The summed E-state index contributed by atoms with van der Waals surface area (Å²) in [5, 5.41) is 7.87. The average molecular weight is 477 g/mol. The van der Waals surface area contributed by atoms with Gasteiger partial charge >= 0.3 is 0 Å². The van der Waals surface area contributed by atoms with Crippen molar-refractivity contribution in [1.82, 2.24) is 15.2 Å². The number of carbonyl (C=O) groups is 3. The molecule has 3 aliphatic rings. The maximum absolute atomic E-state index is 13.7. The predicted octanol–water partition coefficient (Wildman–Crippen LogP) is 3.58. The lowest BCUT2D eigenvalue weighted by atomic mass is 9.76. The third-order valence-corrected chi connectivity index (χ3v) is 7.96. The summed E-state index contributed by atoms with van der Waals surface area (Å²) in [6.45, 7) is 2.40. The van der Waals surface area contributed by atoms with E-state index in [1.54, 1.807) is 12.1 Å². The van der Waals surface area contributed by atoms with Gasteiger partial charge in [-0.15, -0.1) is 0 Å². The lowest BCUT2D eigenvalue weighted by molar-refractivity contribution is -0.142. The zero-order valence-electron chi connectivity index (χ0n) is 18.7. The molecule has 6 rings (SSSR count). The number of halogens is 1. The third-order valence-electron chi connectivity index (χ3n) is 7.64. The van der Waals surface area contributed by atoms with Crippen LogP contribution in [0.5, 0.6) is 0 Å². The van der Waals surface area contributed by atoms with Crippen molar-refractivity contribution in [1.29, 1.82) is 0 Å². The molecule has 34 heavy (non-hydrogen) atoms. The Morgan fingerprint density at radius 3 is 2.71 bits per heavy atom. The number of unbranched alkanes of at least 4 members (excludes halogenated alkanes) is 1. The van der Waals surface area contributed by atoms with Gasteiger partial charge in [-0.3, -0.25) is 24.6 Å². The molecule has 0 aliphatic carbocycles. The molecule has 4 atom stereocenters. The van der Waals surface area contributed by atoms with Crippen molar-refractivity contribution in [3.63, 3.8) is 0 Å². The van der Waals surface area contributed by atoms with Gasteiger partial charge in [0.15, 0.2) is 0 Å². The van der Waals surface area contributed by atoms with Gasteiger partial charge in [0.1, 0.15) is 5.54 Å². The number of imide groups is 1. The Hall–Kier alpha value is -3.16. The van der Waals surface area contributed by atoms with Crippen LogP contribution in [-0.4, -0.2) is 40.2 Å². The minimum Gasteiger partial charge on any atom is -0.361 e. The van der Waals surface area contributed by atoms with Crippen LogP contribution in [-0.2, 0) is 26.3 Å². The number of fused-ring (bicyclic) bond motifs is 5. The number of nitrogens with zero attached hydrogens (tertiary/aromatic N) is 1. The maximum atomic E-state index is 13.7. The van der Waals surface area contributed by atoms with Gasteiger partial charge < -0.3 is 10.3 Å². The highest BCUT2D eigenvalue weighted by atomic mass is 35.5. The van der Waals surface area contributed by atoms with E-state index in [0.717, 1.165) is 29.3 Å². The molecule has 4 heterocycles. The summed E-state index contributed by atoms with van der Waals surface area (Å²) in [5.74, 6) is -2.24. The van der Waals surface area contributed by atoms with E-state index in [1.165, 1.54) is 4.90 Å². The summed E-state index contributed by atoms with van der Waals surface area (Å²) in [6, 6.07) is 12.9. The number of likely N-dealkylation sites (tertiary alicyclic amines) is 1. The van der Waals surface area contributed by atoms with Crippen molar-refractivity contribution in [2.75, 3.05) is 11.9 Å². The van der Waals surface area contributed by atoms with E-state index in [4.69, 9.17) is 11.6 Å². The molecule has 2 aromatic carbocycles. The Bertz CT molecular complexity index is 1350. The van der Waals surface area contributed by atoms with Crippen LogP contribution in [0.3, 0.4) is 0 Å². The fourth-order valence-electron chi connectivity index (χ4n) is 6.10. The highest BCUT2D eigenvalue weighted by Gasteiger charge is 2.70. The van der Waals surface area contributed by atoms with Gasteiger partial charge in [-0.2, -0.15) is 0 Å². The molecule has 1 spiro atoms. The molecule has 3 aromatic rings. The average Bonchev–Trinajstić information content (AvgIpc) is 3.54. The minimum absolute atomic E-state index is 0.194. The number of amides is 3. The Morgan fingerprint density at radius 1 is 1.06 bits per heavy atom. The Morgan fingerprint density at radius 2 is 1.88 bits per heavy atom. The van der Waals surface area contributed by atoms with Crippen LogP contribution in [0.2, 0.25) is 5.02 Å². The van der Waals surface area contributed by atoms with E-state index in [2.05, 4.69) is 15.6 Å². The van der Waals surface area contributed by atoms with Gasteiger partial charge in [-0.1, -0.05) is 55.3 Å². The van der Waals surface area contributed by atoms with Gasteiger partial charge in [-0.05, 0) is 30.5 Å². The third kappa shape index (κ3) is 2.77. The fourth-order valence-corrected chi connectivity index (χ4v) is 6.32. The van der Waals surface area contributed by atoms with Crippen molar-refractivity contribution < 1.29 is 14.4 Å². The monoisotopic (exact) mass is 476 g/mol. The summed E-state index contributed by atoms with van der Waals surface area (Å²) in [5.41, 5.74) is 1.88. The number of nitrogens with one attached hydrogen (secondary N) is 3. The summed E-state index contributed by atoms with van der Waals surface area (Å²) in [7, 11) is 0. The first kappa shape index (κ1) is 21.4. The number of para-hydroxylation sites is 2. The van der Waals surface area contributed by atoms with Crippen LogP contribution in [0.25, 0.3) is 10.9 Å². The van der Waals surface area contributed by atoms with Gasteiger partial charge in [0.05, 0.1) is 22.5 Å². The molecular weight excluding hydrogens is 452 g/mol. The quantitative estimate of drug-likeness (QED) is 0.490. The molecule has 174 valence electrons. The highest BCUT2D eigenvalue weighted by molar-refractivity contribution is 6.35. The smallest absolute Gasteiger partial charge is 0.250 e. The van der Waals surface area contributed by atoms with E-state index in [0.29, 0.717) is 29.2 Å². The standard InChI is InChI=1S/C26H25ClN4O3/c1-2-3-11-31-23(32)20-19(12-14-13-28-18-10-5-4-7-15(14)18)30-26(21(20)24(31)33)16-8-6-9-17(27)22(16)29-25(26)34/h4-10,13,19-21,28,30H,2-3,11-12H2,1H3,(H,29,34)/t19-,20-,21+,26-/m1/s1. The Balaban J connectivity index is 1.47. The number of benzene rings is 2. The van der Waals surface area contributed by atoms with Gasteiger partial charge in [0, 0.05) is 35.2 Å². The number of carbonyl (C=O) groups excluding carboxylic acids is 3. The second kappa shape index (κ2) is 7.68. The van der Waals surface area contributed by atoms with E-state index >= 15 is 0 Å². The number of rotatable bonds is 5. The van der Waals surface area contributed by atoms with Crippen LogP contribution in [0.1, 0.15) is 30.9 Å². The minimum atomic E-state index is -1.32. The lowest BCUT2D eigenvalue weighted by Gasteiger charge is -2.29. The number of anilines is 1. The predicted molar refractivity (Wildman–Crippen MR) is 129 cm³/mol. The van der Waals surface area contributed by atoms with E-state index in [-0.39, 0.29) is 23.8 Å². The summed E-state index contributed by atoms with van der Waals surface area (Å²) in [6.07, 6.45) is 4.06. The summed E-state index contributed by atoms with van der Waals surface area (Å²) in [4.78, 5) is 45.6. The number of aromatic nitrogens is 1. The second-order valence-electron chi connectivity index (χ2n) is 9.42. The second-order valence-corrected chi connectivity index (χ2v) is 9.83. The van der Waals surface area contributed by atoms with Gasteiger partial charge in [0.2, 0.25) is 17.7 Å². The summed E-state index contributed by atoms with van der Waals surface area (Å²) < 4.78 is 0. The topological polar surface area (TPSA) is 94.3 Å². The van der Waals surface area contributed by atoms with Gasteiger partial charge in [-0.25, -0.2) is 0 Å². The number of H-pyrrole nitrogens is 1. The SMILES string of the molecule is CCCCN1C(=O)[C@H]2[C@@H](C1=O)[C@@]1(N[C@@H]2Cc2c[nH]c3ccccc23)C(=O)Nc2c(Cl)cccc21. The molecular formula is C26H25ClN4O3. The Kier molecular flexibility index (Phi) is 4.83. The lowest BCUT2D eigenvalue weighted by Crippen LogP contribution is -2.53. The largest absolute Gasteiger partial charge is 0.361 e. The maximum Gasteiger partial charge on any atom is 0.250 e. The summed E-state index contributed by atoms with van der Waals surface area (Å²) >= 11 is 6.41. The molecule has 3 N–H and O–H groups in total. The van der Waals surface area contributed by atoms with E-state index in [9.17, 15) is 14.4 Å². The van der Waals surface area contributed by atoms with Crippen LogP contribution < -0.4 is 10.6 Å². The van der Waals surface area contributed by atoms with Crippen LogP contribution in [0.4, 0.5) is 5.69 Å². The van der Waals surface area contributed by atoms with Crippen LogP contribution in [0.15, 0.2) is 48.7 Å². The highest BCUT2D eigenvalue weighted by Crippen LogP contribution is 2.54. The molecule has 2 saturated heterocycles. The first-order valence-electron chi connectivity index (χ1n) is 11.8. The van der Waals surface area contributed by atoms with E-state index < -0.39 is 17.4 Å². The molecule has 1 aromatic heterocycles. The molecule has 8 heteroatoms.